The van der Waals surface area contributed by atoms with Crippen LogP contribution in [-0.2, 0) is 25.3 Å². The molecule has 0 radical (unpaired) electrons. The third-order valence-corrected chi connectivity index (χ3v) is 7.48. The lowest BCUT2D eigenvalue weighted by atomic mass is 9.66. The molecule has 0 aliphatic carbocycles. The molecule has 164 valence electrons. The van der Waals surface area contributed by atoms with Crippen LogP contribution in [0.1, 0.15) is 49.9 Å². The third kappa shape index (κ3) is 3.22. The van der Waals surface area contributed by atoms with Crippen LogP contribution in [0.2, 0.25) is 0 Å². The summed E-state index contributed by atoms with van der Waals surface area (Å²) < 4.78 is 12.2. The first kappa shape index (κ1) is 20.7. The van der Waals surface area contributed by atoms with E-state index in [-0.39, 0.29) is 24.5 Å². The quantitative estimate of drug-likeness (QED) is 0.544. The Hall–Kier alpha value is -2.21. The van der Waals surface area contributed by atoms with Crippen LogP contribution < -0.4 is 0 Å². The van der Waals surface area contributed by atoms with Crippen LogP contribution in [0.25, 0.3) is 16.6 Å². The van der Waals surface area contributed by atoms with Crippen molar-refractivity contribution in [2.45, 2.75) is 45.1 Å². The minimum Gasteiger partial charge on any atom is -0.460 e. The van der Waals surface area contributed by atoms with Crippen LogP contribution in [0.5, 0.6) is 0 Å². The Morgan fingerprint density at radius 1 is 1.29 bits per heavy atom. The van der Waals surface area contributed by atoms with E-state index in [4.69, 9.17) is 9.63 Å². The standard InChI is InChI=1S/C23H27N2O5P/c1-2-23-10-5-11-24-12-8-16-15-6-3-4-7-17(15)25(20(16)21(23)24)18(14-23)22(27)29-13-9-19(26)30-31-28/h3-4,6-7,14,21,28,31H,2,5,8-13H2,1H3/t21-,23+/m1/s1. The number of esters is 1. The van der Waals surface area contributed by atoms with E-state index < -0.39 is 21.0 Å². The van der Waals surface area contributed by atoms with Crippen molar-refractivity contribution in [3.63, 3.8) is 0 Å². The highest BCUT2D eigenvalue weighted by molar-refractivity contribution is 7.25. The summed E-state index contributed by atoms with van der Waals surface area (Å²) in [5.74, 6) is -1.00. The van der Waals surface area contributed by atoms with Gasteiger partial charge in [0, 0.05) is 23.0 Å². The van der Waals surface area contributed by atoms with Gasteiger partial charge in [-0.25, -0.2) is 4.79 Å². The number of nitrogens with zero attached hydrogens (tertiary/aromatic N) is 2. The highest BCUT2D eigenvalue weighted by atomic mass is 31.1. The summed E-state index contributed by atoms with van der Waals surface area (Å²) >= 11 is 0. The predicted octanol–water partition coefficient (Wildman–Crippen LogP) is 3.56. The lowest BCUT2D eigenvalue weighted by molar-refractivity contribution is -0.140. The molecule has 1 fully saturated rings. The molecule has 8 heteroatoms. The van der Waals surface area contributed by atoms with Gasteiger partial charge >= 0.3 is 11.9 Å². The number of hydrogen-bond acceptors (Lipinski definition) is 6. The maximum atomic E-state index is 13.3. The molecule has 1 saturated heterocycles. The Morgan fingerprint density at radius 2 is 2.13 bits per heavy atom. The lowest BCUT2D eigenvalue weighted by Gasteiger charge is -2.53. The van der Waals surface area contributed by atoms with E-state index in [0.717, 1.165) is 44.3 Å². The number of carbonyl (C=O) groups is 2. The second-order valence-corrected chi connectivity index (χ2v) is 8.96. The average Bonchev–Trinajstić information content (AvgIpc) is 3.13. The number of para-hydroxylation sites is 1. The fourth-order valence-electron chi connectivity index (χ4n) is 5.83. The van der Waals surface area contributed by atoms with Crippen molar-refractivity contribution in [1.82, 2.24) is 9.47 Å². The molecule has 1 aromatic carbocycles. The second-order valence-electron chi connectivity index (χ2n) is 8.58. The van der Waals surface area contributed by atoms with Gasteiger partial charge in [0.2, 0.25) is 9.03 Å². The summed E-state index contributed by atoms with van der Waals surface area (Å²) in [6.07, 6.45) is 6.17. The van der Waals surface area contributed by atoms with E-state index >= 15 is 0 Å². The van der Waals surface area contributed by atoms with Gasteiger partial charge in [-0.15, -0.1) is 0 Å². The highest BCUT2D eigenvalue weighted by Gasteiger charge is 2.51. The Bertz CT molecular complexity index is 1080. The summed E-state index contributed by atoms with van der Waals surface area (Å²) in [5.41, 5.74) is 4.08. The topological polar surface area (TPSA) is 81.0 Å². The molecule has 3 aliphatic rings. The molecule has 31 heavy (non-hydrogen) atoms. The highest BCUT2D eigenvalue weighted by Crippen LogP contribution is 2.57. The first-order chi connectivity index (χ1) is 15.1. The van der Waals surface area contributed by atoms with Gasteiger partial charge in [0.1, 0.15) is 12.3 Å². The van der Waals surface area contributed by atoms with Gasteiger partial charge in [-0.2, -0.15) is 0 Å². The smallest absolute Gasteiger partial charge is 0.355 e. The SMILES string of the molecule is CC[C@@]12C=C(C(=O)OCCC(=O)OPO)n3c4c(c5ccccc53)CCN(CCC1)[C@H]42. The molecule has 3 atom stereocenters. The van der Waals surface area contributed by atoms with Gasteiger partial charge in [0.25, 0.3) is 0 Å². The van der Waals surface area contributed by atoms with E-state index in [9.17, 15) is 9.59 Å². The number of fused-ring (bicyclic) bond motifs is 3. The van der Waals surface area contributed by atoms with Crippen molar-refractivity contribution in [3.05, 3.63) is 41.6 Å². The Morgan fingerprint density at radius 3 is 2.94 bits per heavy atom. The van der Waals surface area contributed by atoms with Gasteiger partial charge < -0.3 is 18.7 Å². The fraction of sp³-hybridized carbons (Fsp3) is 0.478. The number of rotatable bonds is 6. The summed E-state index contributed by atoms with van der Waals surface area (Å²) in [5, 5.41) is 1.21. The maximum absolute atomic E-state index is 13.3. The molecular formula is C23H27N2O5P. The van der Waals surface area contributed by atoms with E-state index in [2.05, 4.69) is 45.2 Å². The number of piperidine rings is 1. The lowest BCUT2D eigenvalue weighted by Crippen LogP contribution is -2.51. The van der Waals surface area contributed by atoms with Gasteiger partial charge in [0.15, 0.2) is 0 Å². The Balaban J connectivity index is 1.59. The van der Waals surface area contributed by atoms with Crippen LogP contribution in [0.3, 0.4) is 0 Å². The molecule has 0 saturated carbocycles. The van der Waals surface area contributed by atoms with Gasteiger partial charge in [0.05, 0.1) is 18.0 Å². The van der Waals surface area contributed by atoms with E-state index in [1.54, 1.807) is 0 Å². The van der Waals surface area contributed by atoms with Crippen LogP contribution in [0, 0.1) is 5.41 Å². The zero-order chi connectivity index (χ0) is 21.6. The first-order valence-corrected chi connectivity index (χ1v) is 11.8. The predicted molar refractivity (Wildman–Crippen MR) is 118 cm³/mol. The minimum absolute atomic E-state index is 0.0739. The molecule has 1 unspecified atom stereocenters. The largest absolute Gasteiger partial charge is 0.460 e. The molecule has 3 aliphatic heterocycles. The molecule has 1 aromatic heterocycles. The van der Waals surface area contributed by atoms with Crippen LogP contribution in [-0.4, -0.2) is 46.0 Å². The molecule has 2 aromatic rings. The number of benzene rings is 1. The summed E-state index contributed by atoms with van der Waals surface area (Å²) in [7, 11) is -0.895. The fourth-order valence-corrected chi connectivity index (χ4v) is 6.04. The maximum Gasteiger partial charge on any atom is 0.355 e. The zero-order valence-electron chi connectivity index (χ0n) is 17.6. The molecule has 0 spiro atoms. The van der Waals surface area contributed by atoms with Crippen molar-refractivity contribution in [2.24, 2.45) is 5.41 Å². The first-order valence-electron chi connectivity index (χ1n) is 10.9. The summed E-state index contributed by atoms with van der Waals surface area (Å²) in [6, 6.07) is 8.56. The molecule has 0 bridgehead atoms. The molecular weight excluding hydrogens is 415 g/mol. The van der Waals surface area contributed by atoms with Crippen molar-refractivity contribution < 1.29 is 23.7 Å². The summed E-state index contributed by atoms with van der Waals surface area (Å²) in [4.78, 5) is 36.1. The molecule has 0 amide bonds. The molecule has 1 N–H and O–H groups in total. The minimum atomic E-state index is -0.895. The van der Waals surface area contributed by atoms with Gasteiger partial charge in [-0.05, 0) is 49.9 Å². The molecule has 5 rings (SSSR count). The number of ether oxygens (including phenoxy) is 1. The summed E-state index contributed by atoms with van der Waals surface area (Å²) in [6.45, 7) is 4.28. The average molecular weight is 442 g/mol. The van der Waals surface area contributed by atoms with Crippen LogP contribution in [0.15, 0.2) is 30.3 Å². The van der Waals surface area contributed by atoms with Crippen molar-refractivity contribution >= 4 is 37.6 Å². The number of carbonyl (C=O) groups excluding carboxylic acids is 2. The van der Waals surface area contributed by atoms with Gasteiger partial charge in [-0.3, -0.25) is 9.69 Å². The van der Waals surface area contributed by atoms with E-state index in [1.807, 2.05) is 6.07 Å². The zero-order valence-corrected chi connectivity index (χ0v) is 18.6. The number of hydrogen-bond donors (Lipinski definition) is 1. The van der Waals surface area contributed by atoms with Crippen LogP contribution in [0.4, 0.5) is 0 Å². The molecule has 7 nitrogen and oxygen atoms in total. The van der Waals surface area contributed by atoms with E-state index in [1.165, 1.54) is 16.6 Å². The third-order valence-electron chi connectivity index (χ3n) is 7.16. The van der Waals surface area contributed by atoms with Crippen LogP contribution >= 0.6 is 9.03 Å². The van der Waals surface area contributed by atoms with Crippen molar-refractivity contribution in [1.29, 1.82) is 0 Å². The normalized spacial score (nSPS) is 24.8. The van der Waals surface area contributed by atoms with Gasteiger partial charge in [-0.1, -0.05) is 25.1 Å². The number of aromatic nitrogens is 1. The second kappa shape index (κ2) is 8.05. The van der Waals surface area contributed by atoms with Crippen molar-refractivity contribution in [2.75, 3.05) is 19.7 Å². The Kier molecular flexibility index (Phi) is 5.37. The monoisotopic (exact) mass is 442 g/mol. The van der Waals surface area contributed by atoms with Crippen molar-refractivity contribution in [3.8, 4) is 0 Å². The molecule has 4 heterocycles. The Labute approximate surface area is 182 Å². The van der Waals surface area contributed by atoms with E-state index in [0.29, 0.717) is 5.70 Å².